The second kappa shape index (κ2) is 6.51. The predicted octanol–water partition coefficient (Wildman–Crippen LogP) is 3.33. The fraction of sp³-hybridized carbons (Fsp3) is 0.333. The molecule has 0 saturated heterocycles. The molecule has 0 amide bonds. The monoisotopic (exact) mass is 337 g/mol. The molecule has 0 spiro atoms. The van der Waals surface area contributed by atoms with E-state index in [4.69, 9.17) is 4.98 Å². The number of rotatable bonds is 6. The maximum absolute atomic E-state index is 10.9. The standard InChI is InChI=1S/C18H19N5O2/c24-23(25)18-20-10-12-22(18)11-4-9-19-17-13-5-1-2-7-15(13)21-16-8-3-6-14(16)17/h1-2,5,7,10,12H,3-4,6,8-9,11H2,(H,19,21). The second-order valence-electron chi connectivity index (χ2n) is 6.24. The highest BCUT2D eigenvalue weighted by Gasteiger charge is 2.19. The molecule has 25 heavy (non-hydrogen) atoms. The van der Waals surface area contributed by atoms with E-state index < -0.39 is 4.92 Å². The van der Waals surface area contributed by atoms with E-state index in [-0.39, 0.29) is 5.95 Å². The summed E-state index contributed by atoms with van der Waals surface area (Å²) in [6, 6.07) is 8.20. The number of nitrogens with one attached hydrogen (secondary N) is 1. The number of anilines is 1. The molecule has 2 heterocycles. The van der Waals surface area contributed by atoms with E-state index in [0.29, 0.717) is 6.54 Å². The van der Waals surface area contributed by atoms with Crippen molar-refractivity contribution in [2.24, 2.45) is 0 Å². The van der Waals surface area contributed by atoms with Gasteiger partial charge in [-0.3, -0.25) is 4.98 Å². The fourth-order valence-corrected chi connectivity index (χ4v) is 3.52. The summed E-state index contributed by atoms with van der Waals surface area (Å²) in [5, 5.41) is 15.6. The molecule has 0 unspecified atom stereocenters. The van der Waals surface area contributed by atoms with Crippen LogP contribution in [0.1, 0.15) is 24.1 Å². The second-order valence-corrected chi connectivity index (χ2v) is 6.24. The molecule has 0 fully saturated rings. The van der Waals surface area contributed by atoms with Gasteiger partial charge in [0.25, 0.3) is 0 Å². The minimum Gasteiger partial charge on any atom is -0.390 e. The average molecular weight is 337 g/mol. The van der Waals surface area contributed by atoms with E-state index in [1.807, 2.05) is 18.2 Å². The van der Waals surface area contributed by atoms with Gasteiger partial charge in [-0.1, -0.05) is 23.2 Å². The number of aromatic nitrogens is 3. The quantitative estimate of drug-likeness (QED) is 0.423. The molecule has 4 rings (SSSR count). The number of pyridine rings is 1. The highest BCUT2D eigenvalue weighted by molar-refractivity contribution is 5.93. The summed E-state index contributed by atoms with van der Waals surface area (Å²) in [5.41, 5.74) is 4.73. The van der Waals surface area contributed by atoms with Gasteiger partial charge in [-0.2, -0.15) is 0 Å². The molecule has 0 atom stereocenters. The molecule has 1 aliphatic rings. The summed E-state index contributed by atoms with van der Waals surface area (Å²) in [5.74, 6) is -0.102. The molecular weight excluding hydrogens is 318 g/mol. The number of fused-ring (bicyclic) bond motifs is 2. The highest BCUT2D eigenvalue weighted by Crippen LogP contribution is 2.33. The lowest BCUT2D eigenvalue weighted by Gasteiger charge is -2.14. The molecule has 3 aromatic rings. The van der Waals surface area contributed by atoms with E-state index in [0.717, 1.165) is 43.1 Å². The van der Waals surface area contributed by atoms with Gasteiger partial charge in [0.05, 0.1) is 12.1 Å². The first kappa shape index (κ1) is 15.6. The van der Waals surface area contributed by atoms with Crippen LogP contribution in [0.3, 0.4) is 0 Å². The molecule has 0 bridgehead atoms. The fourth-order valence-electron chi connectivity index (χ4n) is 3.52. The number of hydrogen-bond donors (Lipinski definition) is 1. The van der Waals surface area contributed by atoms with Crippen LogP contribution in [0.5, 0.6) is 0 Å². The van der Waals surface area contributed by atoms with Crippen LogP contribution in [0.4, 0.5) is 11.6 Å². The Balaban J connectivity index is 1.50. The molecule has 2 aromatic heterocycles. The minimum absolute atomic E-state index is 0.102. The Labute approximate surface area is 144 Å². The normalized spacial score (nSPS) is 13.1. The van der Waals surface area contributed by atoms with Crippen molar-refractivity contribution < 1.29 is 4.92 Å². The van der Waals surface area contributed by atoms with Gasteiger partial charge < -0.3 is 15.4 Å². The maximum atomic E-state index is 10.9. The summed E-state index contributed by atoms with van der Waals surface area (Å²) < 4.78 is 1.58. The van der Waals surface area contributed by atoms with Crippen molar-refractivity contribution in [1.82, 2.24) is 14.5 Å². The smallest absolute Gasteiger partial charge is 0.390 e. The van der Waals surface area contributed by atoms with Crippen LogP contribution in [-0.2, 0) is 19.4 Å². The van der Waals surface area contributed by atoms with Crippen molar-refractivity contribution in [2.45, 2.75) is 32.2 Å². The number of nitro groups is 1. The zero-order valence-electron chi connectivity index (χ0n) is 13.8. The van der Waals surface area contributed by atoms with Gasteiger partial charge in [0, 0.05) is 23.3 Å². The van der Waals surface area contributed by atoms with Crippen LogP contribution in [0.25, 0.3) is 10.9 Å². The van der Waals surface area contributed by atoms with Gasteiger partial charge in [0.15, 0.2) is 0 Å². The van der Waals surface area contributed by atoms with Crippen molar-refractivity contribution in [1.29, 1.82) is 0 Å². The van der Waals surface area contributed by atoms with Crippen LogP contribution in [0, 0.1) is 10.1 Å². The Morgan fingerprint density at radius 3 is 3.04 bits per heavy atom. The van der Waals surface area contributed by atoms with Gasteiger partial charge in [0.2, 0.25) is 0 Å². The molecule has 1 aliphatic carbocycles. The molecule has 0 saturated carbocycles. The molecule has 1 aromatic carbocycles. The summed E-state index contributed by atoms with van der Waals surface area (Å²) in [7, 11) is 0. The Kier molecular flexibility index (Phi) is 4.05. The van der Waals surface area contributed by atoms with Crippen LogP contribution >= 0.6 is 0 Å². The number of nitrogens with zero attached hydrogens (tertiary/aromatic N) is 4. The molecule has 128 valence electrons. The van der Waals surface area contributed by atoms with Crippen LogP contribution < -0.4 is 5.32 Å². The van der Waals surface area contributed by atoms with Gasteiger partial charge in [-0.05, 0) is 42.2 Å². The van der Waals surface area contributed by atoms with E-state index in [2.05, 4.69) is 16.4 Å². The average Bonchev–Trinajstić information content (AvgIpc) is 3.26. The Morgan fingerprint density at radius 2 is 2.16 bits per heavy atom. The lowest BCUT2D eigenvalue weighted by Crippen LogP contribution is -2.10. The van der Waals surface area contributed by atoms with Crippen LogP contribution in [-0.4, -0.2) is 26.0 Å². The highest BCUT2D eigenvalue weighted by atomic mass is 16.6. The minimum atomic E-state index is -0.448. The number of hydrogen-bond acceptors (Lipinski definition) is 5. The van der Waals surface area contributed by atoms with Gasteiger partial charge in [0.1, 0.15) is 12.4 Å². The summed E-state index contributed by atoms with van der Waals surface area (Å²) in [6.45, 7) is 1.31. The number of para-hydroxylation sites is 1. The zero-order valence-corrected chi connectivity index (χ0v) is 13.8. The van der Waals surface area contributed by atoms with E-state index >= 15 is 0 Å². The Morgan fingerprint density at radius 1 is 1.28 bits per heavy atom. The SMILES string of the molecule is O=[N+]([O-])c1nccn1CCCNc1c2c(nc3ccccc13)CCC2. The van der Waals surface area contributed by atoms with Crippen molar-refractivity contribution in [2.75, 3.05) is 11.9 Å². The van der Waals surface area contributed by atoms with Crippen LogP contribution in [0.15, 0.2) is 36.7 Å². The van der Waals surface area contributed by atoms with Crippen molar-refractivity contribution >= 4 is 22.5 Å². The third kappa shape index (κ3) is 2.93. The Hall–Kier alpha value is -2.96. The van der Waals surface area contributed by atoms with Gasteiger partial charge in [-0.15, -0.1) is 0 Å². The van der Waals surface area contributed by atoms with Crippen LogP contribution in [0.2, 0.25) is 0 Å². The molecule has 0 radical (unpaired) electrons. The summed E-state index contributed by atoms with van der Waals surface area (Å²) in [4.78, 5) is 19.0. The third-order valence-corrected chi connectivity index (χ3v) is 4.65. The number of aryl methyl sites for hydroxylation is 2. The van der Waals surface area contributed by atoms with Crippen molar-refractivity contribution in [3.63, 3.8) is 0 Å². The predicted molar refractivity (Wildman–Crippen MR) is 95.8 cm³/mol. The Bertz CT molecular complexity index is 934. The van der Waals surface area contributed by atoms with Crippen molar-refractivity contribution in [3.05, 3.63) is 58.0 Å². The van der Waals surface area contributed by atoms with E-state index in [1.165, 1.54) is 23.1 Å². The first-order chi connectivity index (χ1) is 12.2. The molecule has 1 N–H and O–H groups in total. The van der Waals surface area contributed by atoms with E-state index in [9.17, 15) is 10.1 Å². The number of benzene rings is 1. The number of imidazole rings is 1. The van der Waals surface area contributed by atoms with E-state index in [1.54, 1.807) is 10.8 Å². The molecule has 7 heteroatoms. The molecule has 0 aliphatic heterocycles. The summed E-state index contributed by atoms with van der Waals surface area (Å²) in [6.07, 6.45) is 7.14. The first-order valence-corrected chi connectivity index (χ1v) is 8.54. The topological polar surface area (TPSA) is 85.9 Å². The zero-order chi connectivity index (χ0) is 17.2. The first-order valence-electron chi connectivity index (χ1n) is 8.54. The molecule has 7 nitrogen and oxygen atoms in total. The largest absolute Gasteiger partial charge is 0.434 e. The molecular formula is C18H19N5O2. The lowest BCUT2D eigenvalue weighted by molar-refractivity contribution is -0.396. The van der Waals surface area contributed by atoms with Gasteiger partial charge in [-0.25, -0.2) is 4.57 Å². The van der Waals surface area contributed by atoms with Gasteiger partial charge >= 0.3 is 5.95 Å². The lowest BCUT2D eigenvalue weighted by atomic mass is 10.1. The summed E-state index contributed by atoms with van der Waals surface area (Å²) >= 11 is 0. The maximum Gasteiger partial charge on any atom is 0.434 e. The van der Waals surface area contributed by atoms with Crippen molar-refractivity contribution in [3.8, 4) is 0 Å². The third-order valence-electron chi connectivity index (χ3n) is 4.65.